The normalized spacial score (nSPS) is 10.9. The van der Waals surface area contributed by atoms with Gasteiger partial charge in [0.2, 0.25) is 5.88 Å². The van der Waals surface area contributed by atoms with E-state index in [9.17, 15) is 14.7 Å². The maximum absolute atomic E-state index is 11.4. The Morgan fingerprint density at radius 1 is 1.40 bits per heavy atom. The van der Waals surface area contributed by atoms with E-state index in [2.05, 4.69) is 4.98 Å². The van der Waals surface area contributed by atoms with Crippen LogP contribution in [0.3, 0.4) is 0 Å². The average molecular weight is 212 g/mol. The molecule has 0 unspecified atom stereocenters. The first-order valence-corrected chi connectivity index (χ1v) is 5.02. The van der Waals surface area contributed by atoms with Crippen molar-refractivity contribution in [1.82, 2.24) is 9.55 Å². The molecule has 0 saturated heterocycles. The predicted molar refractivity (Wildman–Crippen MR) is 57.2 cm³/mol. The zero-order chi connectivity index (χ0) is 11.6. The third kappa shape index (κ3) is 2.29. The second kappa shape index (κ2) is 4.33. The number of hydrogen-bond donors (Lipinski definition) is 2. The molecule has 0 aliphatic rings. The van der Waals surface area contributed by atoms with Crippen LogP contribution in [0.15, 0.2) is 9.59 Å². The number of nitrogens with one attached hydrogen (secondary N) is 1. The molecular formula is C10H16N2O3. The van der Waals surface area contributed by atoms with Crippen LogP contribution in [0.1, 0.15) is 26.3 Å². The predicted octanol–water partition coefficient (Wildman–Crippen LogP) is 0.461. The molecule has 5 heteroatoms. The molecule has 2 N–H and O–H groups in total. The van der Waals surface area contributed by atoms with Crippen molar-refractivity contribution in [1.29, 1.82) is 0 Å². The van der Waals surface area contributed by atoms with E-state index in [1.165, 1.54) is 4.57 Å². The lowest BCUT2D eigenvalue weighted by atomic mass is 10.2. The molecule has 84 valence electrons. The number of aromatic nitrogens is 2. The lowest BCUT2D eigenvalue weighted by Crippen LogP contribution is -2.33. The highest BCUT2D eigenvalue weighted by Crippen LogP contribution is 2.11. The summed E-state index contributed by atoms with van der Waals surface area (Å²) in [7, 11) is 0. The van der Waals surface area contributed by atoms with Gasteiger partial charge in [0.05, 0.1) is 5.56 Å². The van der Waals surface area contributed by atoms with Crippen molar-refractivity contribution in [3.8, 4) is 5.88 Å². The summed E-state index contributed by atoms with van der Waals surface area (Å²) in [6.45, 7) is 6.02. The maximum Gasteiger partial charge on any atom is 0.331 e. The minimum Gasteiger partial charge on any atom is -0.494 e. The molecule has 1 aromatic heterocycles. The molecule has 0 aliphatic carbocycles. The summed E-state index contributed by atoms with van der Waals surface area (Å²) in [6.07, 6.45) is 0.402. The van der Waals surface area contributed by atoms with Crippen LogP contribution in [0.5, 0.6) is 5.88 Å². The molecule has 15 heavy (non-hydrogen) atoms. The Morgan fingerprint density at radius 3 is 2.47 bits per heavy atom. The summed E-state index contributed by atoms with van der Waals surface area (Å²) in [4.78, 5) is 24.9. The van der Waals surface area contributed by atoms with Gasteiger partial charge in [0, 0.05) is 6.54 Å². The largest absolute Gasteiger partial charge is 0.494 e. The highest BCUT2D eigenvalue weighted by Gasteiger charge is 2.12. The van der Waals surface area contributed by atoms with E-state index in [-0.39, 0.29) is 17.4 Å². The third-order valence-corrected chi connectivity index (χ3v) is 2.17. The summed E-state index contributed by atoms with van der Waals surface area (Å²) < 4.78 is 1.20. The van der Waals surface area contributed by atoms with Crippen molar-refractivity contribution < 1.29 is 5.11 Å². The summed E-state index contributed by atoms with van der Waals surface area (Å²) in [5, 5.41) is 9.74. The van der Waals surface area contributed by atoms with Crippen molar-refractivity contribution in [2.75, 3.05) is 0 Å². The van der Waals surface area contributed by atoms with E-state index in [0.29, 0.717) is 13.0 Å². The van der Waals surface area contributed by atoms with Crippen molar-refractivity contribution in [2.24, 2.45) is 5.92 Å². The summed E-state index contributed by atoms with van der Waals surface area (Å²) in [6, 6.07) is 0. The average Bonchev–Trinajstić information content (AvgIpc) is 2.12. The molecule has 0 amide bonds. The standard InChI is InChI=1S/C10H16N2O3/c1-4-7-8(13)11-10(15)12(9(7)14)5-6(2)3/h6,14H,4-5H2,1-3H3,(H,11,13,15). The quantitative estimate of drug-likeness (QED) is 0.764. The molecule has 0 radical (unpaired) electrons. The van der Waals surface area contributed by atoms with E-state index >= 15 is 0 Å². The van der Waals surface area contributed by atoms with Crippen LogP contribution in [0.25, 0.3) is 0 Å². The zero-order valence-electron chi connectivity index (χ0n) is 9.20. The molecule has 0 spiro atoms. The Bertz CT molecular complexity index is 457. The second-order valence-corrected chi connectivity index (χ2v) is 3.92. The van der Waals surface area contributed by atoms with Crippen LogP contribution >= 0.6 is 0 Å². The lowest BCUT2D eigenvalue weighted by Gasteiger charge is -2.12. The van der Waals surface area contributed by atoms with Crippen LogP contribution in [0.2, 0.25) is 0 Å². The molecule has 5 nitrogen and oxygen atoms in total. The lowest BCUT2D eigenvalue weighted by molar-refractivity contribution is 0.370. The smallest absolute Gasteiger partial charge is 0.331 e. The van der Waals surface area contributed by atoms with Gasteiger partial charge < -0.3 is 5.11 Å². The highest BCUT2D eigenvalue weighted by molar-refractivity contribution is 5.22. The maximum atomic E-state index is 11.4. The van der Waals surface area contributed by atoms with Crippen LogP contribution in [0.4, 0.5) is 0 Å². The Morgan fingerprint density at radius 2 is 2.00 bits per heavy atom. The highest BCUT2D eigenvalue weighted by atomic mass is 16.3. The SMILES string of the molecule is CCc1c(O)n(CC(C)C)c(=O)[nH]c1=O. The van der Waals surface area contributed by atoms with Gasteiger partial charge in [-0.05, 0) is 12.3 Å². The molecule has 1 rings (SSSR count). The van der Waals surface area contributed by atoms with Crippen molar-refractivity contribution in [3.05, 3.63) is 26.4 Å². The van der Waals surface area contributed by atoms with E-state index in [1.54, 1.807) is 6.92 Å². The Hall–Kier alpha value is -1.52. The molecule has 0 bridgehead atoms. The second-order valence-electron chi connectivity index (χ2n) is 3.92. The molecule has 0 fully saturated rings. The van der Waals surface area contributed by atoms with Gasteiger partial charge in [-0.3, -0.25) is 14.3 Å². The van der Waals surface area contributed by atoms with Crippen LogP contribution in [-0.2, 0) is 13.0 Å². The van der Waals surface area contributed by atoms with Gasteiger partial charge in [-0.25, -0.2) is 4.79 Å². The monoisotopic (exact) mass is 212 g/mol. The fraction of sp³-hybridized carbons (Fsp3) is 0.600. The molecule has 1 aromatic rings. The van der Waals surface area contributed by atoms with Crippen molar-refractivity contribution >= 4 is 0 Å². The molecular weight excluding hydrogens is 196 g/mol. The van der Waals surface area contributed by atoms with E-state index in [0.717, 1.165) is 0 Å². The van der Waals surface area contributed by atoms with Gasteiger partial charge in [0.25, 0.3) is 5.56 Å². The topological polar surface area (TPSA) is 75.1 Å². The Kier molecular flexibility index (Phi) is 3.34. The van der Waals surface area contributed by atoms with Gasteiger partial charge in [0.15, 0.2) is 0 Å². The fourth-order valence-corrected chi connectivity index (χ4v) is 1.45. The van der Waals surface area contributed by atoms with Crippen LogP contribution in [0, 0.1) is 5.92 Å². The summed E-state index contributed by atoms with van der Waals surface area (Å²) >= 11 is 0. The van der Waals surface area contributed by atoms with Gasteiger partial charge in [-0.1, -0.05) is 20.8 Å². The van der Waals surface area contributed by atoms with Crippen molar-refractivity contribution in [2.45, 2.75) is 33.7 Å². The minimum absolute atomic E-state index is 0.208. The number of hydrogen-bond acceptors (Lipinski definition) is 3. The zero-order valence-corrected chi connectivity index (χ0v) is 9.20. The number of rotatable bonds is 3. The third-order valence-electron chi connectivity index (χ3n) is 2.17. The van der Waals surface area contributed by atoms with Gasteiger partial charge in [-0.2, -0.15) is 0 Å². The Labute approximate surface area is 87.4 Å². The number of H-pyrrole nitrogens is 1. The number of aromatic hydroxyl groups is 1. The van der Waals surface area contributed by atoms with Crippen molar-refractivity contribution in [3.63, 3.8) is 0 Å². The van der Waals surface area contributed by atoms with E-state index in [4.69, 9.17) is 0 Å². The van der Waals surface area contributed by atoms with Gasteiger partial charge >= 0.3 is 5.69 Å². The molecule has 0 atom stereocenters. The van der Waals surface area contributed by atoms with E-state index < -0.39 is 11.2 Å². The molecule has 0 aromatic carbocycles. The Balaban J connectivity index is 3.39. The summed E-state index contributed by atoms with van der Waals surface area (Å²) in [5.41, 5.74) is -0.793. The molecule has 0 aliphatic heterocycles. The first-order chi connectivity index (χ1) is 6.97. The minimum atomic E-state index is -0.552. The summed E-state index contributed by atoms with van der Waals surface area (Å²) in [5.74, 6) is 0.0177. The molecule has 0 saturated carbocycles. The van der Waals surface area contributed by atoms with Crippen LogP contribution in [-0.4, -0.2) is 14.7 Å². The first-order valence-electron chi connectivity index (χ1n) is 5.02. The first kappa shape index (κ1) is 11.6. The van der Waals surface area contributed by atoms with Crippen LogP contribution < -0.4 is 11.2 Å². The van der Waals surface area contributed by atoms with Gasteiger partial charge in [0.1, 0.15) is 0 Å². The fourth-order valence-electron chi connectivity index (χ4n) is 1.45. The van der Waals surface area contributed by atoms with Gasteiger partial charge in [-0.15, -0.1) is 0 Å². The van der Waals surface area contributed by atoms with E-state index in [1.807, 2.05) is 13.8 Å². The number of nitrogens with zero attached hydrogens (tertiary/aromatic N) is 1. The number of aromatic amines is 1. The molecule has 1 heterocycles.